The van der Waals surface area contributed by atoms with E-state index >= 15 is 0 Å². The predicted octanol–water partition coefficient (Wildman–Crippen LogP) is 4.22. The average molecular weight is 539 g/mol. The minimum atomic E-state index is -5.01. The maximum Gasteiger partial charge on any atom is 0.437 e. The van der Waals surface area contributed by atoms with Gasteiger partial charge in [-0.25, -0.2) is 0 Å². The lowest BCUT2D eigenvalue weighted by molar-refractivity contribution is -0.322. The number of hydrogen-bond donors (Lipinski definition) is 1. The van der Waals surface area contributed by atoms with E-state index in [1.54, 1.807) is 18.2 Å². The van der Waals surface area contributed by atoms with Crippen LogP contribution in [0, 0.1) is 11.8 Å². The van der Waals surface area contributed by atoms with Crippen LogP contribution in [-0.2, 0) is 11.3 Å². The van der Waals surface area contributed by atoms with Crippen LogP contribution in [0.4, 0.5) is 13.2 Å². The Morgan fingerprint density at radius 2 is 1.85 bits per heavy atom. The summed E-state index contributed by atoms with van der Waals surface area (Å²) < 4.78 is 55.4. The number of hydrogen-bond acceptors (Lipinski definition) is 5. The lowest BCUT2D eigenvalue weighted by Gasteiger charge is -2.41. The Balaban J connectivity index is 1.44. The normalized spacial score (nSPS) is 32.4. The van der Waals surface area contributed by atoms with Crippen molar-refractivity contribution in [1.82, 2.24) is 9.80 Å². The number of carbonyl (C=O) groups excluding carboxylic acids is 1. The zero-order valence-electron chi connectivity index (χ0n) is 18.0. The average Bonchev–Trinajstić information content (AvgIpc) is 3.54. The molecule has 0 radical (unpaired) electrons. The molecule has 34 heavy (non-hydrogen) atoms. The summed E-state index contributed by atoms with van der Waals surface area (Å²) in [5.41, 5.74) is -2.04. The summed E-state index contributed by atoms with van der Waals surface area (Å²) in [4.78, 5) is 16.4. The first kappa shape index (κ1) is 22.2. The van der Waals surface area contributed by atoms with E-state index in [1.807, 2.05) is 29.2 Å². The minimum absolute atomic E-state index is 0.0322. The molecule has 0 aliphatic carbocycles. The maximum absolute atomic E-state index is 14.7. The number of amides is 1. The highest BCUT2D eigenvalue weighted by Gasteiger charge is 2.77. The Labute approximate surface area is 202 Å². The lowest BCUT2D eigenvalue weighted by Crippen LogP contribution is -2.61. The number of likely N-dealkylation sites (tertiary alicyclic amines) is 1. The van der Waals surface area contributed by atoms with Gasteiger partial charge in [0.1, 0.15) is 0 Å². The molecule has 5 atom stereocenters. The van der Waals surface area contributed by atoms with Crippen molar-refractivity contribution in [3.8, 4) is 11.5 Å². The molecule has 0 spiro atoms. The summed E-state index contributed by atoms with van der Waals surface area (Å²) >= 11 is 3.39. The van der Waals surface area contributed by atoms with Crippen LogP contribution in [0.25, 0.3) is 0 Å². The van der Waals surface area contributed by atoms with Crippen LogP contribution >= 0.6 is 15.9 Å². The SMILES string of the molecule is O=C1[C@H]2[C@H]([C@@H]3CCCN3[C@H]2c2ccc(Br)cc2)[C@@](O)(C(F)(F)F)N1Cc1ccc2c(c1)OCO2. The summed E-state index contributed by atoms with van der Waals surface area (Å²) in [6.07, 6.45) is -3.77. The van der Waals surface area contributed by atoms with Gasteiger partial charge >= 0.3 is 6.18 Å². The van der Waals surface area contributed by atoms with Crippen LogP contribution < -0.4 is 9.47 Å². The molecule has 3 fully saturated rings. The topological polar surface area (TPSA) is 62.2 Å². The highest BCUT2D eigenvalue weighted by atomic mass is 79.9. The molecule has 10 heteroatoms. The van der Waals surface area contributed by atoms with Gasteiger partial charge in [0, 0.05) is 29.0 Å². The van der Waals surface area contributed by atoms with Crippen molar-refractivity contribution in [3.63, 3.8) is 0 Å². The van der Waals surface area contributed by atoms with E-state index in [2.05, 4.69) is 15.9 Å². The predicted molar refractivity (Wildman–Crippen MR) is 118 cm³/mol. The molecule has 4 aliphatic heterocycles. The molecule has 2 aromatic carbocycles. The molecule has 0 unspecified atom stereocenters. The minimum Gasteiger partial charge on any atom is -0.454 e. The van der Waals surface area contributed by atoms with Crippen molar-refractivity contribution < 1.29 is 32.5 Å². The number of carbonyl (C=O) groups is 1. The molecule has 0 saturated carbocycles. The molecular weight excluding hydrogens is 517 g/mol. The van der Waals surface area contributed by atoms with E-state index < -0.39 is 41.7 Å². The van der Waals surface area contributed by atoms with Crippen LogP contribution in [0.2, 0.25) is 0 Å². The number of nitrogens with zero attached hydrogens (tertiary/aromatic N) is 2. The van der Waals surface area contributed by atoms with Crippen molar-refractivity contribution in [2.45, 2.75) is 43.4 Å². The van der Waals surface area contributed by atoms with E-state index in [9.17, 15) is 23.1 Å². The summed E-state index contributed by atoms with van der Waals surface area (Å²) in [6.45, 7) is 0.254. The molecule has 4 aliphatic rings. The number of ether oxygens (including phenoxy) is 2. The van der Waals surface area contributed by atoms with Gasteiger partial charge in [-0.2, -0.15) is 13.2 Å². The highest BCUT2D eigenvalue weighted by Crippen LogP contribution is 2.61. The maximum atomic E-state index is 14.7. The Morgan fingerprint density at radius 3 is 2.59 bits per heavy atom. The molecule has 6 nitrogen and oxygen atoms in total. The van der Waals surface area contributed by atoms with Crippen LogP contribution in [0.5, 0.6) is 11.5 Å². The second-order valence-electron chi connectivity index (χ2n) is 9.33. The molecule has 3 saturated heterocycles. The molecule has 1 N–H and O–H groups in total. The molecule has 0 aromatic heterocycles. The van der Waals surface area contributed by atoms with E-state index in [0.29, 0.717) is 34.9 Å². The number of halogens is 4. The van der Waals surface area contributed by atoms with Gasteiger partial charge in [0.25, 0.3) is 0 Å². The summed E-state index contributed by atoms with van der Waals surface area (Å²) in [6, 6.07) is 11.1. The van der Waals surface area contributed by atoms with Gasteiger partial charge in [-0.1, -0.05) is 34.1 Å². The second kappa shape index (κ2) is 7.60. The zero-order valence-corrected chi connectivity index (χ0v) is 19.6. The third kappa shape index (κ3) is 3.04. The fourth-order valence-electron chi connectivity index (χ4n) is 6.34. The first-order valence-electron chi connectivity index (χ1n) is 11.2. The molecule has 4 heterocycles. The summed E-state index contributed by atoms with van der Waals surface area (Å²) in [5, 5.41) is 11.4. The zero-order chi connectivity index (χ0) is 23.8. The number of aliphatic hydroxyl groups is 1. The van der Waals surface area contributed by atoms with E-state index in [0.717, 1.165) is 16.5 Å². The number of benzene rings is 2. The van der Waals surface area contributed by atoms with E-state index in [-0.39, 0.29) is 13.3 Å². The number of rotatable bonds is 3. The Hall–Kier alpha value is -2.30. The summed E-state index contributed by atoms with van der Waals surface area (Å²) in [5.74, 6) is -2.03. The molecule has 1 amide bonds. The molecule has 0 bridgehead atoms. The standard InChI is InChI=1S/C24H22BrF3N2O4/c25-15-6-4-14(5-7-15)21-19-20(16-2-1-9-29(16)21)23(32,24(26,27)28)30(22(19)31)11-13-3-8-17-18(10-13)34-12-33-17/h3-8,10,16,19-21,32H,1-2,9,11-12H2/t16-,19-,20-,21-,23+/m0/s1. The Bertz CT molecular complexity index is 1140. The number of fused-ring (bicyclic) bond motifs is 4. The quantitative estimate of drug-likeness (QED) is 0.633. The first-order valence-corrected chi connectivity index (χ1v) is 12.0. The third-order valence-electron chi connectivity index (χ3n) is 7.67. The molecule has 6 rings (SSSR count). The largest absolute Gasteiger partial charge is 0.454 e. The van der Waals surface area contributed by atoms with Crippen LogP contribution in [-0.4, -0.2) is 52.1 Å². The summed E-state index contributed by atoms with van der Waals surface area (Å²) in [7, 11) is 0. The Kier molecular flexibility index (Phi) is 4.96. The van der Waals surface area contributed by atoms with Crippen LogP contribution in [0.1, 0.15) is 30.0 Å². The van der Waals surface area contributed by atoms with E-state index in [1.165, 1.54) is 0 Å². The van der Waals surface area contributed by atoms with Crippen LogP contribution in [0.3, 0.4) is 0 Å². The smallest absolute Gasteiger partial charge is 0.437 e. The highest BCUT2D eigenvalue weighted by molar-refractivity contribution is 9.10. The van der Waals surface area contributed by atoms with Gasteiger partial charge in [0.15, 0.2) is 11.5 Å². The fourth-order valence-corrected chi connectivity index (χ4v) is 6.61. The first-order chi connectivity index (χ1) is 16.2. The van der Waals surface area contributed by atoms with Gasteiger partial charge in [-0.05, 0) is 54.8 Å². The fraction of sp³-hybridized carbons (Fsp3) is 0.458. The van der Waals surface area contributed by atoms with E-state index in [4.69, 9.17) is 9.47 Å². The molecule has 2 aromatic rings. The lowest BCUT2D eigenvalue weighted by atomic mass is 9.80. The number of alkyl halides is 3. The van der Waals surface area contributed by atoms with Gasteiger partial charge in [-0.15, -0.1) is 0 Å². The van der Waals surface area contributed by atoms with Crippen LogP contribution in [0.15, 0.2) is 46.9 Å². The second-order valence-corrected chi connectivity index (χ2v) is 10.2. The third-order valence-corrected chi connectivity index (χ3v) is 8.20. The van der Waals surface area contributed by atoms with Crippen molar-refractivity contribution in [3.05, 3.63) is 58.1 Å². The Morgan fingerprint density at radius 1 is 1.12 bits per heavy atom. The van der Waals surface area contributed by atoms with Crippen molar-refractivity contribution in [2.75, 3.05) is 13.3 Å². The van der Waals surface area contributed by atoms with Gasteiger partial charge < -0.3 is 19.5 Å². The van der Waals surface area contributed by atoms with Gasteiger partial charge in [-0.3, -0.25) is 9.69 Å². The van der Waals surface area contributed by atoms with Crippen molar-refractivity contribution in [1.29, 1.82) is 0 Å². The molecular formula is C24H22BrF3N2O4. The van der Waals surface area contributed by atoms with Gasteiger partial charge in [0.05, 0.1) is 5.92 Å². The van der Waals surface area contributed by atoms with Crippen molar-refractivity contribution in [2.24, 2.45) is 11.8 Å². The monoisotopic (exact) mass is 538 g/mol. The van der Waals surface area contributed by atoms with Gasteiger partial charge in [0.2, 0.25) is 18.4 Å². The molecule has 180 valence electrons. The van der Waals surface area contributed by atoms with Crippen molar-refractivity contribution >= 4 is 21.8 Å².